The molecule has 0 bridgehead atoms. The lowest BCUT2D eigenvalue weighted by Crippen LogP contribution is -2.28. The number of hydrogen-bond donors (Lipinski definition) is 1. The number of fused-ring (bicyclic) bond motifs is 1. The number of nitrogens with zero attached hydrogens (tertiary/aromatic N) is 2. The number of hydrogen-bond acceptors (Lipinski definition) is 3. The molecule has 16 heavy (non-hydrogen) atoms. The van der Waals surface area contributed by atoms with Crippen LogP contribution in [-0.2, 0) is 13.0 Å². The monoisotopic (exact) mass is 217 g/mol. The molecule has 3 heteroatoms. The predicted molar refractivity (Wildman–Crippen MR) is 65.3 cm³/mol. The topological polar surface area (TPSA) is 42.2 Å². The molecule has 86 valence electrons. The molecule has 3 nitrogen and oxygen atoms in total. The van der Waals surface area contributed by atoms with Crippen molar-refractivity contribution in [2.75, 3.05) is 19.3 Å². The SMILES string of the molecule is CN1CCc2nc(C3CCC3)c(N)cc2C1. The maximum Gasteiger partial charge on any atom is 0.0666 e. The molecule has 1 aliphatic heterocycles. The van der Waals surface area contributed by atoms with Crippen LogP contribution in [0.5, 0.6) is 0 Å². The summed E-state index contributed by atoms with van der Waals surface area (Å²) in [6, 6.07) is 2.16. The van der Waals surface area contributed by atoms with E-state index in [4.69, 9.17) is 10.7 Å². The second-order valence-corrected chi connectivity index (χ2v) is 5.18. The number of anilines is 1. The molecule has 1 aliphatic carbocycles. The largest absolute Gasteiger partial charge is 0.397 e. The van der Waals surface area contributed by atoms with Crippen molar-refractivity contribution in [2.24, 2.45) is 0 Å². The zero-order valence-corrected chi connectivity index (χ0v) is 9.87. The smallest absolute Gasteiger partial charge is 0.0666 e. The van der Waals surface area contributed by atoms with E-state index in [1.807, 2.05) is 0 Å². The third-order valence-electron chi connectivity index (χ3n) is 3.91. The van der Waals surface area contributed by atoms with Crippen molar-refractivity contribution < 1.29 is 0 Å². The van der Waals surface area contributed by atoms with Crippen LogP contribution >= 0.6 is 0 Å². The molecule has 1 fully saturated rings. The van der Waals surface area contributed by atoms with E-state index < -0.39 is 0 Å². The maximum atomic E-state index is 6.12. The molecule has 1 aromatic heterocycles. The standard InChI is InChI=1S/C13H19N3/c1-16-6-5-12-10(8-16)7-11(14)13(15-12)9-3-2-4-9/h7,9H,2-6,8,14H2,1H3. The summed E-state index contributed by atoms with van der Waals surface area (Å²) in [7, 11) is 2.15. The highest BCUT2D eigenvalue weighted by Crippen LogP contribution is 2.38. The van der Waals surface area contributed by atoms with Crippen LogP contribution in [0.1, 0.15) is 42.1 Å². The fourth-order valence-electron chi connectivity index (χ4n) is 2.66. The minimum absolute atomic E-state index is 0.643. The van der Waals surface area contributed by atoms with E-state index in [2.05, 4.69) is 18.0 Å². The summed E-state index contributed by atoms with van der Waals surface area (Å²) in [5.74, 6) is 0.643. The summed E-state index contributed by atoms with van der Waals surface area (Å²) >= 11 is 0. The number of nitrogen functional groups attached to an aromatic ring is 1. The molecule has 0 unspecified atom stereocenters. The van der Waals surface area contributed by atoms with E-state index in [0.717, 1.165) is 25.2 Å². The van der Waals surface area contributed by atoms with Crippen molar-refractivity contribution in [1.82, 2.24) is 9.88 Å². The minimum atomic E-state index is 0.643. The first-order valence-electron chi connectivity index (χ1n) is 6.21. The third-order valence-corrected chi connectivity index (χ3v) is 3.91. The van der Waals surface area contributed by atoms with Crippen molar-refractivity contribution in [2.45, 2.75) is 38.1 Å². The summed E-state index contributed by atoms with van der Waals surface area (Å²) < 4.78 is 0. The van der Waals surface area contributed by atoms with Crippen LogP contribution < -0.4 is 5.73 Å². The van der Waals surface area contributed by atoms with Gasteiger partial charge in [0.1, 0.15) is 0 Å². The van der Waals surface area contributed by atoms with Crippen LogP contribution in [-0.4, -0.2) is 23.5 Å². The normalized spacial score (nSPS) is 21.6. The van der Waals surface area contributed by atoms with Crippen LogP contribution in [0.4, 0.5) is 5.69 Å². The van der Waals surface area contributed by atoms with E-state index in [1.54, 1.807) is 0 Å². The zero-order valence-electron chi connectivity index (χ0n) is 9.87. The first-order valence-corrected chi connectivity index (χ1v) is 6.21. The van der Waals surface area contributed by atoms with E-state index in [1.165, 1.54) is 36.2 Å². The second kappa shape index (κ2) is 3.74. The number of aromatic nitrogens is 1. The second-order valence-electron chi connectivity index (χ2n) is 5.18. The molecular formula is C13H19N3. The van der Waals surface area contributed by atoms with E-state index in [-0.39, 0.29) is 0 Å². The maximum absolute atomic E-state index is 6.12. The van der Waals surface area contributed by atoms with Crippen LogP contribution in [0.3, 0.4) is 0 Å². The van der Waals surface area contributed by atoms with Gasteiger partial charge < -0.3 is 10.6 Å². The van der Waals surface area contributed by atoms with Gasteiger partial charge in [0.25, 0.3) is 0 Å². The van der Waals surface area contributed by atoms with E-state index in [0.29, 0.717) is 5.92 Å². The number of likely N-dealkylation sites (N-methyl/N-ethyl adjacent to an activating group) is 1. The molecule has 0 radical (unpaired) electrons. The Hall–Kier alpha value is -1.09. The third kappa shape index (κ3) is 1.59. The highest BCUT2D eigenvalue weighted by Gasteiger charge is 2.25. The van der Waals surface area contributed by atoms with Crippen LogP contribution in [0.15, 0.2) is 6.07 Å². The number of nitrogens with two attached hydrogens (primary N) is 1. The molecule has 0 aromatic carbocycles. The Bertz CT molecular complexity index is 410. The van der Waals surface area contributed by atoms with Gasteiger partial charge in [0.15, 0.2) is 0 Å². The van der Waals surface area contributed by atoms with Gasteiger partial charge in [0, 0.05) is 31.1 Å². The first-order chi connectivity index (χ1) is 7.74. The molecule has 2 aliphatic rings. The van der Waals surface area contributed by atoms with Gasteiger partial charge in [0.2, 0.25) is 0 Å². The predicted octanol–water partition coefficient (Wildman–Crippen LogP) is 1.92. The van der Waals surface area contributed by atoms with Gasteiger partial charge in [-0.25, -0.2) is 0 Å². The van der Waals surface area contributed by atoms with Crippen molar-refractivity contribution in [1.29, 1.82) is 0 Å². The number of pyridine rings is 1. The van der Waals surface area contributed by atoms with E-state index in [9.17, 15) is 0 Å². The molecule has 1 saturated carbocycles. The Morgan fingerprint density at radius 3 is 2.94 bits per heavy atom. The summed E-state index contributed by atoms with van der Waals surface area (Å²) in [5.41, 5.74) is 10.8. The molecule has 1 aromatic rings. The van der Waals surface area contributed by atoms with Gasteiger partial charge in [-0.15, -0.1) is 0 Å². The molecule has 2 N–H and O–H groups in total. The summed E-state index contributed by atoms with van der Waals surface area (Å²) in [6.07, 6.45) is 4.96. The Labute approximate surface area is 96.7 Å². The van der Waals surface area contributed by atoms with Gasteiger partial charge in [-0.3, -0.25) is 4.98 Å². The first kappa shape index (κ1) is 10.1. The average molecular weight is 217 g/mol. The van der Waals surface area contributed by atoms with Crippen molar-refractivity contribution >= 4 is 5.69 Å². The lowest BCUT2D eigenvalue weighted by atomic mass is 9.81. The zero-order chi connectivity index (χ0) is 11.1. The summed E-state index contributed by atoms with van der Waals surface area (Å²) in [5, 5.41) is 0. The lowest BCUT2D eigenvalue weighted by Gasteiger charge is -2.29. The highest BCUT2D eigenvalue weighted by molar-refractivity contribution is 5.49. The summed E-state index contributed by atoms with van der Waals surface area (Å²) in [4.78, 5) is 7.14. The van der Waals surface area contributed by atoms with Gasteiger partial charge in [-0.05, 0) is 31.5 Å². The Morgan fingerprint density at radius 1 is 1.44 bits per heavy atom. The molecule has 0 atom stereocenters. The molecular weight excluding hydrogens is 198 g/mol. The fourth-order valence-corrected chi connectivity index (χ4v) is 2.66. The Kier molecular flexibility index (Phi) is 2.36. The van der Waals surface area contributed by atoms with Gasteiger partial charge >= 0.3 is 0 Å². The number of rotatable bonds is 1. The van der Waals surface area contributed by atoms with Crippen molar-refractivity contribution in [3.05, 3.63) is 23.0 Å². The van der Waals surface area contributed by atoms with Crippen LogP contribution in [0, 0.1) is 0 Å². The fraction of sp³-hybridized carbons (Fsp3) is 0.615. The van der Waals surface area contributed by atoms with E-state index >= 15 is 0 Å². The lowest BCUT2D eigenvalue weighted by molar-refractivity contribution is 0.308. The minimum Gasteiger partial charge on any atom is -0.397 e. The van der Waals surface area contributed by atoms with Gasteiger partial charge in [-0.1, -0.05) is 6.42 Å². The molecule has 0 saturated heterocycles. The highest BCUT2D eigenvalue weighted by atomic mass is 15.1. The average Bonchev–Trinajstić information content (AvgIpc) is 2.16. The molecule has 2 heterocycles. The Morgan fingerprint density at radius 2 is 2.25 bits per heavy atom. The van der Waals surface area contributed by atoms with Crippen molar-refractivity contribution in [3.63, 3.8) is 0 Å². The van der Waals surface area contributed by atoms with Crippen LogP contribution in [0.2, 0.25) is 0 Å². The summed E-state index contributed by atoms with van der Waals surface area (Å²) in [6.45, 7) is 2.12. The van der Waals surface area contributed by atoms with Gasteiger partial charge in [-0.2, -0.15) is 0 Å². The molecule has 0 spiro atoms. The van der Waals surface area contributed by atoms with Gasteiger partial charge in [0.05, 0.1) is 11.4 Å². The quantitative estimate of drug-likeness (QED) is 0.781. The molecule has 0 amide bonds. The molecule has 3 rings (SSSR count). The Balaban J connectivity index is 1.97. The van der Waals surface area contributed by atoms with Crippen LogP contribution in [0.25, 0.3) is 0 Å². The van der Waals surface area contributed by atoms with Crippen molar-refractivity contribution in [3.8, 4) is 0 Å².